The van der Waals surface area contributed by atoms with Crippen LogP contribution in [0.3, 0.4) is 0 Å². The summed E-state index contributed by atoms with van der Waals surface area (Å²) in [4.78, 5) is 2.39. The van der Waals surface area contributed by atoms with Crippen LogP contribution in [0.2, 0.25) is 0 Å². The number of anilines is 1. The van der Waals surface area contributed by atoms with Gasteiger partial charge < -0.3 is 4.90 Å². The number of nitrogens with zero attached hydrogens (tertiary/aromatic N) is 2. The fourth-order valence-electron chi connectivity index (χ4n) is 2.47. The van der Waals surface area contributed by atoms with E-state index in [4.69, 9.17) is 0 Å². The molecule has 3 heteroatoms. The van der Waals surface area contributed by atoms with E-state index in [9.17, 15) is 5.26 Å². The summed E-state index contributed by atoms with van der Waals surface area (Å²) in [7, 11) is 0. The van der Waals surface area contributed by atoms with Gasteiger partial charge in [0.1, 0.15) is 5.54 Å². The second-order valence-electron chi connectivity index (χ2n) is 5.74. The molecule has 0 fully saturated rings. The van der Waals surface area contributed by atoms with Gasteiger partial charge in [-0.05, 0) is 58.2 Å². The van der Waals surface area contributed by atoms with E-state index < -0.39 is 0 Å². The Bertz CT molecular complexity index is 424. The maximum atomic E-state index is 9.32. The highest BCUT2D eigenvalue weighted by Gasteiger charge is 2.21. The molecule has 0 amide bonds. The molecule has 0 aliphatic carbocycles. The van der Waals surface area contributed by atoms with Crippen molar-refractivity contribution in [2.24, 2.45) is 0 Å². The van der Waals surface area contributed by atoms with E-state index in [1.165, 1.54) is 5.69 Å². The van der Waals surface area contributed by atoms with Gasteiger partial charge in [-0.3, -0.25) is 5.32 Å². The zero-order valence-electron chi connectivity index (χ0n) is 13.7. The minimum Gasteiger partial charge on any atom is -0.372 e. The van der Waals surface area contributed by atoms with Gasteiger partial charge in [-0.1, -0.05) is 25.1 Å². The van der Waals surface area contributed by atoms with E-state index in [1.807, 2.05) is 6.92 Å². The minimum absolute atomic E-state index is 0.375. The molecule has 0 bridgehead atoms. The highest BCUT2D eigenvalue weighted by atomic mass is 15.1. The average Bonchev–Trinajstić information content (AvgIpc) is 2.54. The first kappa shape index (κ1) is 17.5. The molecular weight excluding hydrogens is 258 g/mol. The largest absolute Gasteiger partial charge is 0.372 e. The number of rotatable bonds is 10. The standard InChI is InChI=1S/C18H29N3/c1-4-14-20-18(3,16-19)13-9-10-15-21(5-2)17-11-7-6-8-12-17/h6-8,11-12,20H,4-5,9-10,13-15H2,1-3H3. The van der Waals surface area contributed by atoms with Crippen LogP contribution in [0.15, 0.2) is 30.3 Å². The molecule has 21 heavy (non-hydrogen) atoms. The number of benzene rings is 1. The molecule has 1 atom stereocenters. The average molecular weight is 287 g/mol. The van der Waals surface area contributed by atoms with Crippen LogP contribution in [-0.4, -0.2) is 25.2 Å². The summed E-state index contributed by atoms with van der Waals surface area (Å²) in [5.41, 5.74) is 0.909. The number of para-hydroxylation sites is 1. The summed E-state index contributed by atoms with van der Waals surface area (Å²) in [5, 5.41) is 12.7. The fraction of sp³-hybridized carbons (Fsp3) is 0.611. The van der Waals surface area contributed by atoms with Gasteiger partial charge >= 0.3 is 0 Å². The maximum Gasteiger partial charge on any atom is 0.103 e. The molecule has 0 radical (unpaired) electrons. The van der Waals surface area contributed by atoms with Crippen molar-refractivity contribution < 1.29 is 0 Å². The first-order valence-corrected chi connectivity index (χ1v) is 8.11. The van der Waals surface area contributed by atoms with Gasteiger partial charge in [-0.25, -0.2) is 0 Å². The molecule has 0 aromatic heterocycles. The number of nitrogens with one attached hydrogen (secondary N) is 1. The van der Waals surface area contributed by atoms with E-state index in [1.54, 1.807) is 0 Å². The fourth-order valence-corrected chi connectivity index (χ4v) is 2.47. The molecule has 1 aromatic carbocycles. The number of hydrogen-bond acceptors (Lipinski definition) is 3. The van der Waals surface area contributed by atoms with Crippen LogP contribution < -0.4 is 10.2 Å². The Morgan fingerprint density at radius 1 is 1.19 bits per heavy atom. The molecule has 0 spiro atoms. The third kappa shape index (κ3) is 6.18. The molecule has 1 N–H and O–H groups in total. The molecule has 0 saturated carbocycles. The van der Waals surface area contributed by atoms with E-state index in [0.717, 1.165) is 45.3 Å². The van der Waals surface area contributed by atoms with Gasteiger partial charge in [-0.15, -0.1) is 0 Å². The molecular formula is C18H29N3. The molecule has 1 rings (SSSR count). The molecule has 1 unspecified atom stereocenters. The minimum atomic E-state index is -0.375. The predicted octanol–water partition coefficient (Wildman–Crippen LogP) is 3.97. The molecule has 0 saturated heterocycles. The molecule has 116 valence electrons. The van der Waals surface area contributed by atoms with Gasteiger partial charge in [0, 0.05) is 18.8 Å². The zero-order valence-corrected chi connectivity index (χ0v) is 13.7. The van der Waals surface area contributed by atoms with Gasteiger partial charge in [0.05, 0.1) is 6.07 Å². The summed E-state index contributed by atoms with van der Waals surface area (Å²) >= 11 is 0. The normalized spacial score (nSPS) is 13.4. The lowest BCUT2D eigenvalue weighted by molar-refractivity contribution is 0.402. The Balaban J connectivity index is 2.37. The van der Waals surface area contributed by atoms with Crippen LogP contribution in [-0.2, 0) is 0 Å². The van der Waals surface area contributed by atoms with Gasteiger partial charge in [0.2, 0.25) is 0 Å². The van der Waals surface area contributed by atoms with Crippen molar-refractivity contribution in [3.63, 3.8) is 0 Å². The maximum absolute atomic E-state index is 9.32. The van der Waals surface area contributed by atoms with E-state index in [0.29, 0.717) is 0 Å². The lowest BCUT2D eigenvalue weighted by Crippen LogP contribution is -2.41. The van der Waals surface area contributed by atoms with Crippen LogP contribution >= 0.6 is 0 Å². The molecule has 0 heterocycles. The topological polar surface area (TPSA) is 39.1 Å². The molecule has 0 aliphatic heterocycles. The Kier molecular flexibility index (Phi) is 7.85. The number of unbranched alkanes of at least 4 members (excludes halogenated alkanes) is 1. The van der Waals surface area contributed by atoms with E-state index in [-0.39, 0.29) is 5.54 Å². The number of hydrogen-bond donors (Lipinski definition) is 1. The second-order valence-corrected chi connectivity index (χ2v) is 5.74. The van der Waals surface area contributed by atoms with E-state index in [2.05, 4.69) is 60.5 Å². The summed E-state index contributed by atoms with van der Waals surface area (Å²) in [6.07, 6.45) is 4.17. The predicted molar refractivity (Wildman–Crippen MR) is 90.5 cm³/mol. The number of nitriles is 1. The Labute approximate surface area is 130 Å². The first-order chi connectivity index (χ1) is 10.1. The quantitative estimate of drug-likeness (QED) is 0.662. The summed E-state index contributed by atoms with van der Waals surface area (Å²) < 4.78 is 0. The van der Waals surface area contributed by atoms with Crippen molar-refractivity contribution in [3.05, 3.63) is 30.3 Å². The van der Waals surface area contributed by atoms with Crippen LogP contribution in [0.1, 0.15) is 46.5 Å². The first-order valence-electron chi connectivity index (χ1n) is 8.11. The van der Waals surface area contributed by atoms with Crippen LogP contribution in [0, 0.1) is 11.3 Å². The van der Waals surface area contributed by atoms with Crippen LogP contribution in [0.5, 0.6) is 0 Å². The Morgan fingerprint density at radius 3 is 2.48 bits per heavy atom. The highest BCUT2D eigenvalue weighted by Crippen LogP contribution is 2.16. The molecule has 3 nitrogen and oxygen atoms in total. The summed E-state index contributed by atoms with van der Waals surface area (Å²) in [5.74, 6) is 0. The summed E-state index contributed by atoms with van der Waals surface area (Å²) in [6.45, 7) is 9.31. The lowest BCUT2D eigenvalue weighted by atomic mass is 9.96. The van der Waals surface area contributed by atoms with Crippen molar-refractivity contribution in [1.82, 2.24) is 5.32 Å². The lowest BCUT2D eigenvalue weighted by Gasteiger charge is -2.25. The summed E-state index contributed by atoms with van der Waals surface area (Å²) in [6, 6.07) is 13.0. The molecule has 1 aromatic rings. The molecule has 0 aliphatic rings. The van der Waals surface area contributed by atoms with Gasteiger partial charge in [0.15, 0.2) is 0 Å². The van der Waals surface area contributed by atoms with Crippen molar-refractivity contribution in [3.8, 4) is 6.07 Å². The smallest absolute Gasteiger partial charge is 0.103 e. The monoisotopic (exact) mass is 287 g/mol. The highest BCUT2D eigenvalue weighted by molar-refractivity contribution is 5.45. The zero-order chi connectivity index (χ0) is 15.6. The SMILES string of the molecule is CCCNC(C)(C#N)CCCCN(CC)c1ccccc1. The Morgan fingerprint density at radius 2 is 1.90 bits per heavy atom. The van der Waals surface area contributed by atoms with Crippen LogP contribution in [0.25, 0.3) is 0 Å². The van der Waals surface area contributed by atoms with Crippen molar-refractivity contribution in [1.29, 1.82) is 5.26 Å². The van der Waals surface area contributed by atoms with E-state index >= 15 is 0 Å². The van der Waals surface area contributed by atoms with Crippen molar-refractivity contribution in [2.45, 2.75) is 52.0 Å². The second kappa shape index (κ2) is 9.41. The Hall–Kier alpha value is -1.53. The van der Waals surface area contributed by atoms with Gasteiger partial charge in [-0.2, -0.15) is 5.26 Å². The third-order valence-corrected chi connectivity index (χ3v) is 3.87. The third-order valence-electron chi connectivity index (χ3n) is 3.87. The van der Waals surface area contributed by atoms with Crippen molar-refractivity contribution in [2.75, 3.05) is 24.5 Å². The van der Waals surface area contributed by atoms with Crippen LogP contribution in [0.4, 0.5) is 5.69 Å². The van der Waals surface area contributed by atoms with Crippen molar-refractivity contribution >= 4 is 5.69 Å². The van der Waals surface area contributed by atoms with Gasteiger partial charge in [0.25, 0.3) is 0 Å².